The van der Waals surface area contributed by atoms with E-state index in [1.807, 2.05) is 0 Å². The number of halogens is 2. The van der Waals surface area contributed by atoms with E-state index in [0.717, 1.165) is 5.56 Å². The van der Waals surface area contributed by atoms with Crippen LogP contribution in [0.3, 0.4) is 0 Å². The fraction of sp³-hybridized carbons (Fsp3) is 0.188. The lowest BCUT2D eigenvalue weighted by Crippen LogP contribution is -2.31. The number of amides is 1. The number of nitrogens with zero attached hydrogens (tertiary/aromatic N) is 1. The normalized spacial score (nSPS) is 11.8. The predicted octanol–water partition coefficient (Wildman–Crippen LogP) is 3.14. The van der Waals surface area contributed by atoms with Crippen LogP contribution in [0.15, 0.2) is 42.5 Å². The van der Waals surface area contributed by atoms with Gasteiger partial charge >= 0.3 is 0 Å². The Kier molecular flexibility index (Phi) is 5.70. The summed E-state index contributed by atoms with van der Waals surface area (Å²) in [6, 6.07) is 9.93. The third-order valence-electron chi connectivity index (χ3n) is 3.49. The number of nitro groups is 1. The fourth-order valence-corrected chi connectivity index (χ4v) is 2.38. The number of benzene rings is 2. The monoisotopic (exact) mass is 351 g/mol. The van der Waals surface area contributed by atoms with Gasteiger partial charge in [0.05, 0.1) is 10.8 Å². The van der Waals surface area contributed by atoms with Crippen molar-refractivity contribution < 1.29 is 14.1 Å². The van der Waals surface area contributed by atoms with Gasteiger partial charge in [-0.05, 0) is 36.2 Å². The number of hydrogen-bond donors (Lipinski definition) is 2. The van der Waals surface area contributed by atoms with Crippen molar-refractivity contribution in [2.75, 3.05) is 11.9 Å². The van der Waals surface area contributed by atoms with Gasteiger partial charge in [-0.3, -0.25) is 14.9 Å². The Morgan fingerprint density at radius 2 is 1.96 bits per heavy atom. The van der Waals surface area contributed by atoms with E-state index in [2.05, 4.69) is 5.32 Å². The minimum atomic E-state index is -0.606. The number of nitrogens with two attached hydrogens (primary N) is 1. The number of primary amides is 1. The molecule has 2 aromatic rings. The Labute approximate surface area is 142 Å². The molecule has 126 valence electrons. The smallest absolute Gasteiger partial charge is 0.293 e. The van der Waals surface area contributed by atoms with Crippen LogP contribution in [0, 0.1) is 21.8 Å². The highest BCUT2D eigenvalue weighted by Gasteiger charge is 2.19. The zero-order valence-corrected chi connectivity index (χ0v) is 13.3. The van der Waals surface area contributed by atoms with E-state index in [1.54, 1.807) is 12.1 Å². The summed E-state index contributed by atoms with van der Waals surface area (Å²) in [4.78, 5) is 22.1. The topological polar surface area (TPSA) is 98.3 Å². The van der Waals surface area contributed by atoms with Crippen molar-refractivity contribution in [1.29, 1.82) is 0 Å². The second-order valence-corrected chi connectivity index (χ2v) is 5.67. The van der Waals surface area contributed by atoms with Crippen LogP contribution in [0.5, 0.6) is 0 Å². The first-order chi connectivity index (χ1) is 11.4. The van der Waals surface area contributed by atoms with Gasteiger partial charge < -0.3 is 11.1 Å². The van der Waals surface area contributed by atoms with Crippen molar-refractivity contribution in [3.63, 3.8) is 0 Å². The molecule has 0 aliphatic carbocycles. The van der Waals surface area contributed by atoms with Crippen LogP contribution < -0.4 is 11.1 Å². The van der Waals surface area contributed by atoms with E-state index >= 15 is 0 Å². The molecule has 2 aromatic carbocycles. The van der Waals surface area contributed by atoms with Crippen LogP contribution in [-0.2, 0) is 11.2 Å². The maximum atomic E-state index is 12.9. The molecule has 0 radical (unpaired) electrons. The van der Waals surface area contributed by atoms with Crippen molar-refractivity contribution in [1.82, 2.24) is 0 Å². The summed E-state index contributed by atoms with van der Waals surface area (Å²) in [5.74, 6) is -1.53. The molecule has 6 nitrogen and oxygen atoms in total. The summed E-state index contributed by atoms with van der Waals surface area (Å²) in [6.45, 7) is 0.106. The van der Waals surface area contributed by atoms with Gasteiger partial charge in [0.1, 0.15) is 11.5 Å². The molecule has 0 aliphatic heterocycles. The van der Waals surface area contributed by atoms with Crippen LogP contribution >= 0.6 is 11.6 Å². The SMILES string of the molecule is NC(=O)C(CNc1ccc(Cl)cc1[N+](=O)[O-])Cc1ccc(F)cc1. The molecule has 0 saturated carbocycles. The Balaban J connectivity index is 2.10. The molecule has 2 rings (SSSR count). The number of carbonyl (C=O) groups is 1. The van der Waals surface area contributed by atoms with E-state index in [4.69, 9.17) is 17.3 Å². The lowest BCUT2D eigenvalue weighted by Gasteiger charge is -2.15. The minimum Gasteiger partial charge on any atom is -0.379 e. The molecule has 0 saturated heterocycles. The number of carbonyl (C=O) groups excluding carboxylic acids is 1. The Morgan fingerprint density at radius 3 is 2.54 bits per heavy atom. The molecular weight excluding hydrogens is 337 g/mol. The van der Waals surface area contributed by atoms with Crippen molar-refractivity contribution in [2.45, 2.75) is 6.42 Å². The molecular formula is C16H15ClFN3O3. The Bertz CT molecular complexity index is 753. The highest BCUT2D eigenvalue weighted by molar-refractivity contribution is 6.30. The molecule has 8 heteroatoms. The molecule has 3 N–H and O–H groups in total. The molecule has 0 aromatic heterocycles. The van der Waals surface area contributed by atoms with Crippen molar-refractivity contribution in [3.8, 4) is 0 Å². The maximum absolute atomic E-state index is 12.9. The fourth-order valence-electron chi connectivity index (χ4n) is 2.22. The lowest BCUT2D eigenvalue weighted by atomic mass is 9.98. The summed E-state index contributed by atoms with van der Waals surface area (Å²) in [5, 5.41) is 14.2. The van der Waals surface area contributed by atoms with Gasteiger partial charge in [-0.25, -0.2) is 4.39 Å². The second-order valence-electron chi connectivity index (χ2n) is 5.23. The van der Waals surface area contributed by atoms with E-state index < -0.39 is 16.7 Å². The number of anilines is 1. The van der Waals surface area contributed by atoms with Crippen molar-refractivity contribution in [2.24, 2.45) is 11.7 Å². The molecule has 0 bridgehead atoms. The van der Waals surface area contributed by atoms with Crippen LogP contribution in [0.4, 0.5) is 15.8 Å². The molecule has 1 amide bonds. The van der Waals surface area contributed by atoms with Gasteiger partial charge in [-0.15, -0.1) is 0 Å². The molecule has 1 atom stereocenters. The average molecular weight is 352 g/mol. The molecule has 0 aliphatic rings. The minimum absolute atomic E-state index is 0.106. The first-order valence-electron chi connectivity index (χ1n) is 7.08. The highest BCUT2D eigenvalue weighted by atomic mass is 35.5. The van der Waals surface area contributed by atoms with Crippen LogP contribution in [0.2, 0.25) is 5.02 Å². The number of nitrogens with one attached hydrogen (secondary N) is 1. The number of rotatable bonds is 7. The van der Waals surface area contributed by atoms with E-state index in [-0.39, 0.29) is 28.8 Å². The first-order valence-corrected chi connectivity index (χ1v) is 7.46. The Morgan fingerprint density at radius 1 is 1.29 bits per heavy atom. The molecule has 1 unspecified atom stereocenters. The van der Waals surface area contributed by atoms with Gasteiger partial charge in [-0.2, -0.15) is 0 Å². The number of nitro benzene ring substituents is 1. The molecule has 0 heterocycles. The quantitative estimate of drug-likeness (QED) is 0.591. The average Bonchev–Trinajstić information content (AvgIpc) is 2.53. The van der Waals surface area contributed by atoms with Gasteiger partial charge in [0.2, 0.25) is 5.91 Å². The van der Waals surface area contributed by atoms with Crippen LogP contribution in [0.1, 0.15) is 5.56 Å². The summed E-state index contributed by atoms with van der Waals surface area (Å²) in [6.07, 6.45) is 0.296. The van der Waals surface area contributed by atoms with Gasteiger partial charge in [0.15, 0.2) is 0 Å². The second kappa shape index (κ2) is 7.74. The van der Waals surface area contributed by atoms with E-state index in [9.17, 15) is 19.3 Å². The van der Waals surface area contributed by atoms with Crippen LogP contribution in [-0.4, -0.2) is 17.4 Å². The first kappa shape index (κ1) is 17.7. The molecule has 0 fully saturated rings. The Hall–Kier alpha value is -2.67. The summed E-state index contributed by atoms with van der Waals surface area (Å²) >= 11 is 5.76. The van der Waals surface area contributed by atoms with Gasteiger partial charge in [0, 0.05) is 17.6 Å². The zero-order valence-electron chi connectivity index (χ0n) is 12.5. The standard InChI is InChI=1S/C16H15ClFN3O3/c17-12-3-6-14(15(8-12)21(23)24)20-9-11(16(19)22)7-10-1-4-13(18)5-2-10/h1-6,8,11,20H,7,9H2,(H2,19,22). The van der Waals surface area contributed by atoms with Crippen molar-refractivity contribution in [3.05, 3.63) is 69.0 Å². The lowest BCUT2D eigenvalue weighted by molar-refractivity contribution is -0.383. The summed E-state index contributed by atoms with van der Waals surface area (Å²) < 4.78 is 12.9. The molecule has 0 spiro atoms. The zero-order chi connectivity index (χ0) is 17.7. The maximum Gasteiger partial charge on any atom is 0.293 e. The molecule has 24 heavy (non-hydrogen) atoms. The van der Waals surface area contributed by atoms with E-state index in [1.165, 1.54) is 30.3 Å². The van der Waals surface area contributed by atoms with Gasteiger partial charge in [0.25, 0.3) is 5.69 Å². The summed E-state index contributed by atoms with van der Waals surface area (Å²) in [7, 11) is 0. The van der Waals surface area contributed by atoms with Crippen LogP contribution in [0.25, 0.3) is 0 Å². The number of hydrogen-bond acceptors (Lipinski definition) is 4. The third-order valence-corrected chi connectivity index (χ3v) is 3.73. The van der Waals surface area contributed by atoms with Gasteiger partial charge in [-0.1, -0.05) is 23.7 Å². The van der Waals surface area contributed by atoms with Crippen molar-refractivity contribution >= 4 is 28.9 Å². The van der Waals surface area contributed by atoms with E-state index in [0.29, 0.717) is 6.42 Å². The highest BCUT2D eigenvalue weighted by Crippen LogP contribution is 2.28. The third kappa shape index (κ3) is 4.66. The summed E-state index contributed by atoms with van der Waals surface area (Å²) in [5.41, 5.74) is 6.19. The largest absolute Gasteiger partial charge is 0.379 e. The predicted molar refractivity (Wildman–Crippen MR) is 89.4 cm³/mol.